The van der Waals surface area contributed by atoms with Crippen molar-refractivity contribution in [3.05, 3.63) is 39.2 Å². The minimum atomic E-state index is -0.708. The first-order valence-corrected chi connectivity index (χ1v) is 8.06. The highest BCUT2D eigenvalue weighted by atomic mass is 19.1. The fourth-order valence-electron chi connectivity index (χ4n) is 3.03. The Morgan fingerprint density at radius 1 is 1.48 bits per heavy atom. The zero-order valence-electron chi connectivity index (χ0n) is 14.0. The van der Waals surface area contributed by atoms with E-state index in [-0.39, 0.29) is 23.6 Å². The SMILES string of the molecule is Cc1cc(F)cc(C(=O)N2CCCC(C(=O)NCCN)C2)c1[N+](=O)[O-]. The molecule has 1 atom stereocenters. The van der Waals surface area contributed by atoms with Gasteiger partial charge in [-0.2, -0.15) is 0 Å². The van der Waals surface area contributed by atoms with Crippen LogP contribution in [0.2, 0.25) is 0 Å². The van der Waals surface area contributed by atoms with Crippen LogP contribution in [0.4, 0.5) is 10.1 Å². The Hall–Kier alpha value is -2.55. The van der Waals surface area contributed by atoms with Crippen LogP contribution in [0.25, 0.3) is 0 Å². The maximum atomic E-state index is 13.7. The summed E-state index contributed by atoms with van der Waals surface area (Å²) in [7, 11) is 0. The third-order valence-corrected chi connectivity index (χ3v) is 4.20. The Morgan fingerprint density at radius 2 is 2.20 bits per heavy atom. The lowest BCUT2D eigenvalue weighted by molar-refractivity contribution is -0.385. The summed E-state index contributed by atoms with van der Waals surface area (Å²) >= 11 is 0. The normalized spacial score (nSPS) is 17.2. The molecule has 1 aromatic rings. The second kappa shape index (κ2) is 8.02. The van der Waals surface area contributed by atoms with Crippen molar-refractivity contribution in [2.75, 3.05) is 26.2 Å². The summed E-state index contributed by atoms with van der Waals surface area (Å²) in [6, 6.07) is 1.90. The van der Waals surface area contributed by atoms with E-state index in [0.29, 0.717) is 32.5 Å². The fraction of sp³-hybridized carbons (Fsp3) is 0.500. The molecule has 0 radical (unpaired) electrons. The molecule has 1 aliphatic heterocycles. The second-order valence-corrected chi connectivity index (χ2v) is 6.05. The zero-order valence-corrected chi connectivity index (χ0v) is 14.0. The number of hydrogen-bond acceptors (Lipinski definition) is 5. The average Bonchev–Trinajstić information content (AvgIpc) is 2.57. The molecular formula is C16H21FN4O4. The van der Waals surface area contributed by atoms with E-state index in [2.05, 4.69) is 5.32 Å². The number of hydrogen-bond donors (Lipinski definition) is 2. The lowest BCUT2D eigenvalue weighted by Gasteiger charge is -2.32. The quantitative estimate of drug-likeness (QED) is 0.604. The summed E-state index contributed by atoms with van der Waals surface area (Å²) < 4.78 is 13.7. The first kappa shape index (κ1) is 18.8. The molecule has 0 aliphatic carbocycles. The number of carbonyl (C=O) groups is 2. The van der Waals surface area contributed by atoms with Crippen molar-refractivity contribution in [2.45, 2.75) is 19.8 Å². The number of rotatable bonds is 5. The monoisotopic (exact) mass is 352 g/mol. The molecule has 0 aromatic heterocycles. The van der Waals surface area contributed by atoms with Crippen molar-refractivity contribution < 1.29 is 18.9 Å². The molecule has 1 aliphatic rings. The lowest BCUT2D eigenvalue weighted by Crippen LogP contribution is -2.46. The average molecular weight is 352 g/mol. The number of piperidine rings is 1. The Labute approximate surface area is 144 Å². The van der Waals surface area contributed by atoms with E-state index in [4.69, 9.17) is 5.73 Å². The van der Waals surface area contributed by atoms with Gasteiger partial charge in [-0.1, -0.05) is 0 Å². The van der Waals surface area contributed by atoms with Crippen LogP contribution in [-0.4, -0.2) is 47.8 Å². The van der Waals surface area contributed by atoms with Gasteiger partial charge in [-0.3, -0.25) is 19.7 Å². The number of benzene rings is 1. The van der Waals surface area contributed by atoms with E-state index in [1.54, 1.807) is 0 Å². The number of amides is 2. The Bertz CT molecular complexity index is 695. The van der Waals surface area contributed by atoms with Crippen LogP contribution in [0.1, 0.15) is 28.8 Å². The number of aryl methyl sites for hydroxylation is 1. The molecule has 3 N–H and O–H groups in total. The van der Waals surface area contributed by atoms with E-state index in [1.807, 2.05) is 0 Å². The number of nitrogens with zero attached hydrogens (tertiary/aromatic N) is 2. The molecule has 1 fully saturated rings. The summed E-state index contributed by atoms with van der Waals surface area (Å²) in [4.78, 5) is 36.7. The topological polar surface area (TPSA) is 119 Å². The maximum Gasteiger partial charge on any atom is 0.285 e. The van der Waals surface area contributed by atoms with Gasteiger partial charge in [0.2, 0.25) is 5.91 Å². The van der Waals surface area contributed by atoms with Crippen LogP contribution in [0.15, 0.2) is 12.1 Å². The predicted molar refractivity (Wildman–Crippen MR) is 88.5 cm³/mol. The molecule has 1 saturated heterocycles. The van der Waals surface area contributed by atoms with Gasteiger partial charge < -0.3 is 16.0 Å². The molecule has 136 valence electrons. The first-order chi connectivity index (χ1) is 11.8. The number of nitro groups is 1. The van der Waals surface area contributed by atoms with Crippen LogP contribution in [0.3, 0.4) is 0 Å². The largest absolute Gasteiger partial charge is 0.355 e. The van der Waals surface area contributed by atoms with E-state index < -0.39 is 28.3 Å². The first-order valence-electron chi connectivity index (χ1n) is 8.06. The lowest BCUT2D eigenvalue weighted by atomic mass is 9.96. The minimum absolute atomic E-state index is 0.0857. The maximum absolute atomic E-state index is 13.7. The number of nitrogens with two attached hydrogens (primary N) is 1. The highest BCUT2D eigenvalue weighted by molar-refractivity contribution is 5.99. The molecule has 1 aromatic carbocycles. The fourth-order valence-corrected chi connectivity index (χ4v) is 3.03. The Kier molecular flexibility index (Phi) is 6.02. The molecular weight excluding hydrogens is 331 g/mol. The zero-order chi connectivity index (χ0) is 18.6. The van der Waals surface area contributed by atoms with Crippen LogP contribution in [-0.2, 0) is 4.79 Å². The van der Waals surface area contributed by atoms with Crippen molar-refractivity contribution >= 4 is 17.5 Å². The molecule has 1 unspecified atom stereocenters. The van der Waals surface area contributed by atoms with Crippen LogP contribution in [0.5, 0.6) is 0 Å². The number of halogens is 1. The van der Waals surface area contributed by atoms with Gasteiger partial charge in [-0.05, 0) is 31.9 Å². The minimum Gasteiger partial charge on any atom is -0.355 e. The molecule has 9 heteroatoms. The molecule has 0 saturated carbocycles. The van der Waals surface area contributed by atoms with Crippen molar-refractivity contribution in [3.8, 4) is 0 Å². The molecule has 8 nitrogen and oxygen atoms in total. The van der Waals surface area contributed by atoms with Crippen LogP contribution < -0.4 is 11.1 Å². The highest BCUT2D eigenvalue weighted by Gasteiger charge is 2.32. The molecule has 2 rings (SSSR count). The summed E-state index contributed by atoms with van der Waals surface area (Å²) in [5.74, 6) is -1.95. The molecule has 0 spiro atoms. The van der Waals surface area contributed by atoms with Crippen LogP contribution in [0, 0.1) is 28.8 Å². The van der Waals surface area contributed by atoms with Gasteiger partial charge in [0.1, 0.15) is 11.4 Å². The van der Waals surface area contributed by atoms with Gasteiger partial charge in [0, 0.05) is 31.7 Å². The number of nitrogens with one attached hydrogen (secondary N) is 1. The summed E-state index contributed by atoms with van der Waals surface area (Å²) in [5, 5.41) is 13.9. The third kappa shape index (κ3) is 4.30. The number of likely N-dealkylation sites (tertiary alicyclic amines) is 1. The Morgan fingerprint density at radius 3 is 2.84 bits per heavy atom. The van der Waals surface area contributed by atoms with Crippen molar-refractivity contribution in [3.63, 3.8) is 0 Å². The Balaban J connectivity index is 2.23. The van der Waals surface area contributed by atoms with E-state index >= 15 is 0 Å². The van der Waals surface area contributed by atoms with Crippen molar-refractivity contribution in [2.24, 2.45) is 11.7 Å². The van der Waals surface area contributed by atoms with E-state index in [0.717, 1.165) is 12.1 Å². The van der Waals surface area contributed by atoms with Gasteiger partial charge >= 0.3 is 0 Å². The van der Waals surface area contributed by atoms with E-state index in [1.165, 1.54) is 11.8 Å². The highest BCUT2D eigenvalue weighted by Crippen LogP contribution is 2.28. The van der Waals surface area contributed by atoms with Gasteiger partial charge in [0.15, 0.2) is 0 Å². The van der Waals surface area contributed by atoms with Gasteiger partial charge in [-0.15, -0.1) is 0 Å². The van der Waals surface area contributed by atoms with Crippen molar-refractivity contribution in [1.29, 1.82) is 0 Å². The summed E-state index contributed by atoms with van der Waals surface area (Å²) in [6.45, 7) is 2.55. The van der Waals surface area contributed by atoms with Crippen molar-refractivity contribution in [1.82, 2.24) is 10.2 Å². The van der Waals surface area contributed by atoms with Gasteiger partial charge in [0.05, 0.1) is 10.8 Å². The second-order valence-electron chi connectivity index (χ2n) is 6.05. The van der Waals surface area contributed by atoms with E-state index in [9.17, 15) is 24.1 Å². The summed E-state index contributed by atoms with van der Waals surface area (Å²) in [6.07, 6.45) is 1.21. The van der Waals surface area contributed by atoms with Gasteiger partial charge in [-0.25, -0.2) is 4.39 Å². The number of carbonyl (C=O) groups excluding carboxylic acids is 2. The number of nitro benzene ring substituents is 1. The molecule has 1 heterocycles. The van der Waals surface area contributed by atoms with Gasteiger partial charge in [0.25, 0.3) is 11.6 Å². The standard InChI is InChI=1S/C16H21FN4O4/c1-10-7-12(17)8-13(14(10)21(24)25)16(23)20-6-2-3-11(9-20)15(22)19-5-4-18/h7-8,11H,2-6,9,18H2,1H3,(H,19,22). The molecule has 0 bridgehead atoms. The predicted octanol–water partition coefficient (Wildman–Crippen LogP) is 0.969. The summed E-state index contributed by atoms with van der Waals surface area (Å²) in [5.41, 5.74) is 4.75. The molecule has 25 heavy (non-hydrogen) atoms. The van der Waals surface area contributed by atoms with Crippen LogP contribution >= 0.6 is 0 Å². The molecule has 2 amide bonds. The smallest absolute Gasteiger partial charge is 0.285 e. The third-order valence-electron chi connectivity index (χ3n) is 4.20.